The summed E-state index contributed by atoms with van der Waals surface area (Å²) in [5.74, 6) is 0.354. The number of hydrogen-bond acceptors (Lipinski definition) is 4. The molecule has 0 bridgehead atoms. The number of aliphatic imine (C=N–C) groups is 1. The van der Waals surface area contributed by atoms with Crippen LogP contribution in [0.3, 0.4) is 0 Å². The highest BCUT2D eigenvalue weighted by molar-refractivity contribution is 7.90. The van der Waals surface area contributed by atoms with E-state index in [4.69, 9.17) is 5.26 Å². The summed E-state index contributed by atoms with van der Waals surface area (Å²) in [5, 5.41) is 8.81. The molecule has 1 unspecified atom stereocenters. The summed E-state index contributed by atoms with van der Waals surface area (Å²) in [6.45, 7) is 1.88. The van der Waals surface area contributed by atoms with Gasteiger partial charge >= 0.3 is 0 Å². The molecule has 0 saturated heterocycles. The lowest BCUT2D eigenvalue weighted by atomic mass is 10.1. The Morgan fingerprint density at radius 3 is 2.50 bits per heavy atom. The summed E-state index contributed by atoms with van der Waals surface area (Å²) in [5.41, 5.74) is 2.08. The van der Waals surface area contributed by atoms with Crippen LogP contribution in [-0.4, -0.2) is 14.3 Å². The Hall–Kier alpha value is -2.65. The van der Waals surface area contributed by atoms with E-state index in [1.165, 1.54) is 0 Å². The Kier molecular flexibility index (Phi) is 3.43. The van der Waals surface area contributed by atoms with Crippen LogP contribution in [0, 0.1) is 11.3 Å². The average molecular weight is 311 g/mol. The molecule has 22 heavy (non-hydrogen) atoms. The van der Waals surface area contributed by atoms with Gasteiger partial charge in [0.2, 0.25) is 0 Å². The maximum Gasteiger partial charge on any atom is 0.263 e. The first-order chi connectivity index (χ1) is 10.5. The van der Waals surface area contributed by atoms with E-state index in [9.17, 15) is 8.42 Å². The molecule has 0 radical (unpaired) electrons. The van der Waals surface area contributed by atoms with Crippen LogP contribution in [0.25, 0.3) is 0 Å². The molecule has 1 heterocycles. The summed E-state index contributed by atoms with van der Waals surface area (Å²) in [6, 6.07) is 15.7. The number of nitriles is 1. The number of nitrogens with one attached hydrogen (secondary N) is 1. The van der Waals surface area contributed by atoms with Gasteiger partial charge in [0.25, 0.3) is 10.0 Å². The number of fused-ring (bicyclic) bond motifs is 1. The Morgan fingerprint density at radius 2 is 1.82 bits per heavy atom. The molecule has 1 aliphatic heterocycles. The number of nitrogens with zero attached hydrogens (tertiary/aromatic N) is 2. The van der Waals surface area contributed by atoms with E-state index in [0.717, 1.165) is 5.56 Å². The molecule has 1 N–H and O–H groups in total. The third kappa shape index (κ3) is 2.47. The molecule has 0 amide bonds. The van der Waals surface area contributed by atoms with Gasteiger partial charge in [-0.2, -0.15) is 5.26 Å². The number of benzene rings is 2. The third-order valence-corrected chi connectivity index (χ3v) is 4.90. The Morgan fingerprint density at radius 1 is 1.14 bits per heavy atom. The van der Waals surface area contributed by atoms with Gasteiger partial charge in [0.1, 0.15) is 5.84 Å². The van der Waals surface area contributed by atoms with Crippen LogP contribution in [0.1, 0.15) is 29.7 Å². The van der Waals surface area contributed by atoms with Crippen molar-refractivity contribution in [1.82, 2.24) is 4.72 Å². The van der Waals surface area contributed by atoms with Gasteiger partial charge in [0.15, 0.2) is 0 Å². The average Bonchev–Trinajstić information content (AvgIpc) is 2.79. The molecule has 2 aromatic rings. The monoisotopic (exact) mass is 311 g/mol. The fourth-order valence-corrected chi connectivity index (χ4v) is 3.57. The standard InChI is InChI=1S/C16H13N3O2S/c1-11(13-8-6-12(10-17)7-9-13)18-16-14-4-2-3-5-15(14)22(20,21)19-16/h2-9,11H,1H3,(H,18,19). The lowest BCUT2D eigenvalue weighted by Crippen LogP contribution is -2.22. The molecule has 0 saturated carbocycles. The highest BCUT2D eigenvalue weighted by atomic mass is 32.2. The van der Waals surface area contributed by atoms with Crippen molar-refractivity contribution in [3.8, 4) is 6.07 Å². The molecular weight excluding hydrogens is 298 g/mol. The number of sulfonamides is 1. The van der Waals surface area contributed by atoms with Gasteiger partial charge in [-0.25, -0.2) is 8.42 Å². The third-order valence-electron chi connectivity index (χ3n) is 3.51. The number of rotatable bonds is 2. The van der Waals surface area contributed by atoms with Crippen LogP contribution in [0.5, 0.6) is 0 Å². The predicted octanol–water partition coefficient (Wildman–Crippen LogP) is 2.36. The normalized spacial score (nSPS) is 18.3. The second-order valence-electron chi connectivity index (χ2n) is 4.99. The Bertz CT molecular complexity index is 894. The SMILES string of the molecule is CC(N=C1NS(=O)(=O)c2ccccc21)c1ccc(C#N)cc1. The van der Waals surface area contributed by atoms with E-state index in [0.29, 0.717) is 17.0 Å². The molecule has 110 valence electrons. The molecule has 0 aromatic heterocycles. The van der Waals surface area contributed by atoms with Crippen molar-refractivity contribution in [2.24, 2.45) is 4.99 Å². The minimum atomic E-state index is -3.52. The molecule has 0 fully saturated rings. The zero-order chi connectivity index (χ0) is 15.7. The predicted molar refractivity (Wildman–Crippen MR) is 82.9 cm³/mol. The second kappa shape index (κ2) is 5.28. The molecule has 3 rings (SSSR count). The number of amidine groups is 1. The van der Waals surface area contributed by atoms with Crippen LogP contribution in [0.4, 0.5) is 0 Å². The molecule has 1 atom stereocenters. The van der Waals surface area contributed by atoms with Crippen LogP contribution in [0.2, 0.25) is 0 Å². The molecule has 0 aliphatic carbocycles. The minimum absolute atomic E-state index is 0.225. The van der Waals surface area contributed by atoms with Crippen LogP contribution < -0.4 is 4.72 Å². The fraction of sp³-hybridized carbons (Fsp3) is 0.125. The van der Waals surface area contributed by atoms with E-state index >= 15 is 0 Å². The fourth-order valence-electron chi connectivity index (χ4n) is 2.33. The highest BCUT2D eigenvalue weighted by Crippen LogP contribution is 2.25. The Balaban J connectivity index is 1.97. The van der Waals surface area contributed by atoms with Gasteiger partial charge in [0.05, 0.1) is 22.6 Å². The molecule has 5 nitrogen and oxygen atoms in total. The number of hydrogen-bond donors (Lipinski definition) is 1. The van der Waals surface area contributed by atoms with Crippen molar-refractivity contribution in [1.29, 1.82) is 5.26 Å². The maximum atomic E-state index is 12.0. The quantitative estimate of drug-likeness (QED) is 0.924. The van der Waals surface area contributed by atoms with Crippen molar-refractivity contribution >= 4 is 15.9 Å². The molecule has 6 heteroatoms. The molecule has 1 aliphatic rings. The summed E-state index contributed by atoms with van der Waals surface area (Å²) >= 11 is 0. The van der Waals surface area contributed by atoms with Gasteiger partial charge in [-0.1, -0.05) is 24.3 Å². The van der Waals surface area contributed by atoms with Crippen LogP contribution in [-0.2, 0) is 10.0 Å². The molecule has 0 spiro atoms. The smallest absolute Gasteiger partial charge is 0.263 e. The minimum Gasteiger partial charge on any atom is -0.263 e. The van der Waals surface area contributed by atoms with Crippen molar-refractivity contribution in [2.75, 3.05) is 0 Å². The topological polar surface area (TPSA) is 82.3 Å². The van der Waals surface area contributed by atoms with E-state index in [1.54, 1.807) is 36.4 Å². The summed E-state index contributed by atoms with van der Waals surface area (Å²) in [7, 11) is -3.52. The summed E-state index contributed by atoms with van der Waals surface area (Å²) < 4.78 is 26.6. The van der Waals surface area contributed by atoms with Crippen molar-refractivity contribution in [3.05, 3.63) is 65.2 Å². The van der Waals surface area contributed by atoms with Crippen molar-refractivity contribution in [3.63, 3.8) is 0 Å². The van der Waals surface area contributed by atoms with Gasteiger partial charge in [-0.05, 0) is 36.8 Å². The van der Waals surface area contributed by atoms with Crippen molar-refractivity contribution < 1.29 is 8.42 Å². The van der Waals surface area contributed by atoms with Crippen molar-refractivity contribution in [2.45, 2.75) is 17.9 Å². The first-order valence-corrected chi connectivity index (χ1v) is 8.19. The van der Waals surface area contributed by atoms with E-state index in [1.807, 2.05) is 19.1 Å². The summed E-state index contributed by atoms with van der Waals surface area (Å²) in [6.07, 6.45) is 0. The lowest BCUT2D eigenvalue weighted by molar-refractivity contribution is 0.595. The van der Waals surface area contributed by atoms with Crippen LogP contribution in [0.15, 0.2) is 58.4 Å². The second-order valence-corrected chi connectivity index (χ2v) is 6.64. The Labute approximate surface area is 129 Å². The van der Waals surface area contributed by atoms with E-state index < -0.39 is 10.0 Å². The first kappa shape index (κ1) is 14.3. The van der Waals surface area contributed by atoms with Crippen LogP contribution >= 0.6 is 0 Å². The first-order valence-electron chi connectivity index (χ1n) is 6.71. The molecule has 2 aromatic carbocycles. The maximum absolute atomic E-state index is 12.0. The lowest BCUT2D eigenvalue weighted by Gasteiger charge is -2.08. The van der Waals surface area contributed by atoms with Gasteiger partial charge in [-0.15, -0.1) is 0 Å². The zero-order valence-electron chi connectivity index (χ0n) is 11.8. The van der Waals surface area contributed by atoms with E-state index in [-0.39, 0.29) is 10.9 Å². The summed E-state index contributed by atoms with van der Waals surface area (Å²) in [4.78, 5) is 4.73. The highest BCUT2D eigenvalue weighted by Gasteiger charge is 2.30. The molecular formula is C16H13N3O2S. The van der Waals surface area contributed by atoms with E-state index in [2.05, 4.69) is 15.8 Å². The zero-order valence-corrected chi connectivity index (χ0v) is 12.6. The van der Waals surface area contributed by atoms with Gasteiger partial charge < -0.3 is 0 Å². The largest absolute Gasteiger partial charge is 0.263 e. The van der Waals surface area contributed by atoms with Gasteiger partial charge in [0, 0.05) is 5.56 Å². The van der Waals surface area contributed by atoms with Gasteiger partial charge in [-0.3, -0.25) is 9.71 Å².